The second kappa shape index (κ2) is 4.50. The Hall–Kier alpha value is -1.16. The van der Waals surface area contributed by atoms with Gasteiger partial charge >= 0.3 is 6.03 Å². The first-order chi connectivity index (χ1) is 8.66. The minimum absolute atomic E-state index is 0.118. The Kier molecular flexibility index (Phi) is 2.98. The Bertz CT molecular complexity index is 489. The van der Waals surface area contributed by atoms with Gasteiger partial charge in [-0.05, 0) is 35.8 Å². The summed E-state index contributed by atoms with van der Waals surface area (Å²) in [6, 6.07) is 7.04. The molecular formula is C14H18N2OS. The van der Waals surface area contributed by atoms with E-state index in [2.05, 4.69) is 18.2 Å². The van der Waals surface area contributed by atoms with Gasteiger partial charge in [0.1, 0.15) is 0 Å². The summed E-state index contributed by atoms with van der Waals surface area (Å²) in [7, 11) is 3.76. The van der Waals surface area contributed by atoms with E-state index in [1.807, 2.05) is 30.8 Å². The predicted octanol–water partition coefficient (Wildman–Crippen LogP) is 2.76. The van der Waals surface area contributed by atoms with Gasteiger partial charge in [-0.3, -0.25) is 0 Å². The van der Waals surface area contributed by atoms with Gasteiger partial charge in [0, 0.05) is 25.5 Å². The van der Waals surface area contributed by atoms with Crippen LogP contribution in [0.4, 0.5) is 4.79 Å². The van der Waals surface area contributed by atoms with Crippen molar-refractivity contribution in [1.82, 2.24) is 9.80 Å². The van der Waals surface area contributed by atoms with E-state index in [1.165, 1.54) is 34.6 Å². The largest absolute Gasteiger partial charge is 0.325 e. The van der Waals surface area contributed by atoms with Crippen molar-refractivity contribution < 1.29 is 4.79 Å². The van der Waals surface area contributed by atoms with E-state index >= 15 is 0 Å². The average molecular weight is 262 g/mol. The second-order valence-electron chi connectivity index (χ2n) is 5.11. The summed E-state index contributed by atoms with van der Waals surface area (Å²) in [5.41, 5.74) is 2.73. The van der Waals surface area contributed by atoms with E-state index in [1.54, 1.807) is 4.90 Å². The number of carbonyl (C=O) groups is 1. The molecule has 1 fully saturated rings. The fourth-order valence-corrected chi connectivity index (χ4v) is 3.80. The molecule has 0 aromatic heterocycles. The number of thioether (sulfide) groups is 1. The number of urea groups is 1. The third-order valence-corrected chi connectivity index (χ3v) is 5.06. The molecule has 3 rings (SSSR count). The third-order valence-electron chi connectivity index (χ3n) is 3.86. The number of hydrogen-bond acceptors (Lipinski definition) is 2. The van der Waals surface area contributed by atoms with Gasteiger partial charge in [-0.1, -0.05) is 12.1 Å². The van der Waals surface area contributed by atoms with Crippen LogP contribution < -0.4 is 0 Å². The lowest BCUT2D eigenvalue weighted by molar-refractivity contribution is 0.201. The van der Waals surface area contributed by atoms with Gasteiger partial charge in [0.05, 0.1) is 6.04 Å². The fraction of sp³-hybridized carbons (Fsp3) is 0.500. The average Bonchev–Trinajstić information content (AvgIpc) is 2.66. The van der Waals surface area contributed by atoms with Crippen molar-refractivity contribution in [3.63, 3.8) is 0 Å². The Balaban J connectivity index is 1.91. The van der Waals surface area contributed by atoms with Crippen molar-refractivity contribution in [2.75, 3.05) is 26.4 Å². The van der Waals surface area contributed by atoms with Gasteiger partial charge in [-0.25, -0.2) is 4.79 Å². The molecule has 2 heterocycles. The highest BCUT2D eigenvalue weighted by Crippen LogP contribution is 2.34. The van der Waals surface area contributed by atoms with Crippen LogP contribution in [0, 0.1) is 0 Å². The monoisotopic (exact) mass is 262 g/mol. The van der Waals surface area contributed by atoms with Crippen molar-refractivity contribution in [3.05, 3.63) is 29.3 Å². The fourth-order valence-electron chi connectivity index (χ4n) is 2.78. The summed E-state index contributed by atoms with van der Waals surface area (Å²) in [4.78, 5) is 16.9. The predicted molar refractivity (Wildman–Crippen MR) is 74.0 cm³/mol. The van der Waals surface area contributed by atoms with Crippen molar-refractivity contribution in [3.8, 4) is 0 Å². The van der Waals surface area contributed by atoms with Crippen LogP contribution in [0.2, 0.25) is 0 Å². The minimum Gasteiger partial charge on any atom is -0.325 e. The highest BCUT2D eigenvalue weighted by molar-refractivity contribution is 7.99. The number of carbonyl (C=O) groups excluding carboxylic acids is 1. The molecule has 0 aliphatic carbocycles. The van der Waals surface area contributed by atoms with Crippen molar-refractivity contribution in [2.45, 2.75) is 23.8 Å². The highest BCUT2D eigenvalue weighted by atomic mass is 32.2. The molecule has 1 saturated heterocycles. The first-order valence-corrected chi connectivity index (χ1v) is 7.39. The molecule has 1 atom stereocenters. The van der Waals surface area contributed by atoms with E-state index in [0.29, 0.717) is 0 Å². The van der Waals surface area contributed by atoms with Crippen LogP contribution in [0.3, 0.4) is 0 Å². The normalized spacial score (nSPS) is 23.4. The summed E-state index contributed by atoms with van der Waals surface area (Å²) in [6.45, 7) is 0.793. The summed E-state index contributed by atoms with van der Waals surface area (Å²) >= 11 is 1.95. The standard InChI is InChI=1S/C14H18N2OS/c1-15-9-12(16(2)14(15)17)10-5-6-13-11(8-10)4-3-7-18-13/h5-6,8,12H,3-4,7,9H2,1-2H3. The maximum atomic E-state index is 11.8. The van der Waals surface area contributed by atoms with Gasteiger partial charge in [0.2, 0.25) is 0 Å². The summed E-state index contributed by atoms with van der Waals surface area (Å²) in [6.07, 6.45) is 2.44. The molecule has 96 valence electrons. The number of benzene rings is 1. The zero-order valence-electron chi connectivity index (χ0n) is 10.8. The van der Waals surface area contributed by atoms with E-state index in [0.717, 1.165) is 6.54 Å². The summed E-state index contributed by atoms with van der Waals surface area (Å²) < 4.78 is 0. The first kappa shape index (κ1) is 11.9. The SMILES string of the molecule is CN1CC(c2ccc3c(c2)CCCS3)N(C)C1=O. The van der Waals surface area contributed by atoms with Crippen LogP contribution in [0.15, 0.2) is 23.1 Å². The quantitative estimate of drug-likeness (QED) is 0.777. The minimum atomic E-state index is 0.118. The Labute approximate surface area is 112 Å². The van der Waals surface area contributed by atoms with Gasteiger partial charge < -0.3 is 9.80 Å². The molecule has 0 spiro atoms. The second-order valence-corrected chi connectivity index (χ2v) is 6.25. The molecule has 1 aromatic carbocycles. The number of amides is 2. The third kappa shape index (κ3) is 1.88. The van der Waals surface area contributed by atoms with Gasteiger partial charge in [-0.2, -0.15) is 0 Å². The number of likely N-dealkylation sites (N-methyl/N-ethyl adjacent to an activating group) is 2. The molecule has 18 heavy (non-hydrogen) atoms. The van der Waals surface area contributed by atoms with Crippen LogP contribution in [0.5, 0.6) is 0 Å². The van der Waals surface area contributed by atoms with E-state index in [-0.39, 0.29) is 12.1 Å². The molecule has 1 aromatic rings. The van der Waals surface area contributed by atoms with Crippen LogP contribution >= 0.6 is 11.8 Å². The van der Waals surface area contributed by atoms with Crippen molar-refractivity contribution >= 4 is 17.8 Å². The Morgan fingerprint density at radius 1 is 1.33 bits per heavy atom. The molecule has 2 amide bonds. The molecule has 1 unspecified atom stereocenters. The molecule has 0 radical (unpaired) electrons. The highest BCUT2D eigenvalue weighted by Gasteiger charge is 2.33. The topological polar surface area (TPSA) is 23.6 Å². The van der Waals surface area contributed by atoms with E-state index < -0.39 is 0 Å². The summed E-state index contributed by atoms with van der Waals surface area (Å²) in [5, 5.41) is 0. The lowest BCUT2D eigenvalue weighted by Crippen LogP contribution is -2.26. The lowest BCUT2D eigenvalue weighted by atomic mass is 10.0. The maximum Gasteiger partial charge on any atom is 0.320 e. The summed E-state index contributed by atoms with van der Waals surface area (Å²) in [5.74, 6) is 1.23. The zero-order valence-corrected chi connectivity index (χ0v) is 11.7. The molecule has 4 heteroatoms. The molecule has 0 saturated carbocycles. The first-order valence-electron chi connectivity index (χ1n) is 6.40. The zero-order chi connectivity index (χ0) is 12.7. The Morgan fingerprint density at radius 3 is 2.89 bits per heavy atom. The Morgan fingerprint density at radius 2 is 2.17 bits per heavy atom. The maximum absolute atomic E-state index is 11.8. The molecule has 3 nitrogen and oxygen atoms in total. The molecular weight excluding hydrogens is 244 g/mol. The van der Waals surface area contributed by atoms with Gasteiger partial charge in [0.25, 0.3) is 0 Å². The molecule has 0 bridgehead atoms. The smallest absolute Gasteiger partial charge is 0.320 e. The van der Waals surface area contributed by atoms with E-state index in [9.17, 15) is 4.79 Å². The number of aryl methyl sites for hydroxylation is 1. The van der Waals surface area contributed by atoms with Crippen molar-refractivity contribution in [1.29, 1.82) is 0 Å². The van der Waals surface area contributed by atoms with E-state index in [4.69, 9.17) is 0 Å². The van der Waals surface area contributed by atoms with Crippen molar-refractivity contribution in [2.24, 2.45) is 0 Å². The van der Waals surface area contributed by atoms with Crippen LogP contribution in [0.1, 0.15) is 23.6 Å². The van der Waals surface area contributed by atoms with Crippen LogP contribution in [0.25, 0.3) is 0 Å². The van der Waals surface area contributed by atoms with Gasteiger partial charge in [-0.15, -0.1) is 11.8 Å². The number of nitrogens with zero attached hydrogens (tertiary/aromatic N) is 2. The molecule has 0 N–H and O–H groups in total. The van der Waals surface area contributed by atoms with Crippen LogP contribution in [-0.4, -0.2) is 42.2 Å². The molecule has 2 aliphatic rings. The van der Waals surface area contributed by atoms with Gasteiger partial charge in [0.15, 0.2) is 0 Å². The number of hydrogen-bond donors (Lipinski definition) is 0. The van der Waals surface area contributed by atoms with Crippen LogP contribution in [-0.2, 0) is 6.42 Å². The molecule has 2 aliphatic heterocycles. The number of fused-ring (bicyclic) bond motifs is 1. The lowest BCUT2D eigenvalue weighted by Gasteiger charge is -2.21. The number of rotatable bonds is 1.